The monoisotopic (exact) mass is 315 g/mol. The van der Waals surface area contributed by atoms with Crippen molar-refractivity contribution in [3.05, 3.63) is 58.7 Å². The summed E-state index contributed by atoms with van der Waals surface area (Å²) in [4.78, 5) is 12.5. The second-order valence-electron chi connectivity index (χ2n) is 5.24. The fourth-order valence-corrected chi connectivity index (χ4v) is 2.83. The third-order valence-electron chi connectivity index (χ3n) is 3.55. The molecule has 3 nitrogen and oxygen atoms in total. The summed E-state index contributed by atoms with van der Waals surface area (Å²) in [5.41, 5.74) is 4.61. The first kappa shape index (κ1) is 16.4. The number of rotatable bonds is 4. The van der Waals surface area contributed by atoms with Crippen molar-refractivity contribution >= 4 is 17.0 Å². The largest absolute Gasteiger partial charge is 0.489 e. The van der Waals surface area contributed by atoms with Crippen LogP contribution in [-0.4, -0.2) is 12.3 Å². The molecule has 1 N–H and O–H groups in total. The van der Waals surface area contributed by atoms with Gasteiger partial charge in [-0.15, -0.1) is 0 Å². The number of hydrogen-bond acceptors (Lipinski definition) is 3. The van der Waals surface area contributed by atoms with Crippen molar-refractivity contribution in [1.82, 2.24) is 5.32 Å². The van der Waals surface area contributed by atoms with Crippen molar-refractivity contribution in [3.8, 4) is 5.75 Å². The molecular weight excluding hydrogens is 294 g/mol. The lowest BCUT2D eigenvalue weighted by Gasteiger charge is -2.13. The number of carbonyl (C=O) groups is 1. The summed E-state index contributed by atoms with van der Waals surface area (Å²) < 4.78 is 5.97. The van der Waals surface area contributed by atoms with Crippen LogP contribution in [0.2, 0.25) is 0 Å². The molecule has 0 radical (unpaired) electrons. The van der Waals surface area contributed by atoms with Crippen LogP contribution in [0.5, 0.6) is 5.75 Å². The van der Waals surface area contributed by atoms with E-state index in [-0.39, 0.29) is 5.24 Å². The molecule has 0 heterocycles. The number of nitrogens with one attached hydrogen (secondary N) is 1. The molecule has 22 heavy (non-hydrogen) atoms. The van der Waals surface area contributed by atoms with Gasteiger partial charge in [0.1, 0.15) is 12.4 Å². The van der Waals surface area contributed by atoms with Crippen LogP contribution in [0, 0.1) is 20.8 Å². The first-order valence-electron chi connectivity index (χ1n) is 7.19. The van der Waals surface area contributed by atoms with Gasteiger partial charge in [-0.2, -0.15) is 0 Å². The molecule has 0 fully saturated rings. The maximum absolute atomic E-state index is 11.6. The van der Waals surface area contributed by atoms with Gasteiger partial charge in [0.15, 0.2) is 0 Å². The fraction of sp³-hybridized carbons (Fsp3) is 0.278. The Morgan fingerprint density at radius 3 is 2.50 bits per heavy atom. The van der Waals surface area contributed by atoms with Gasteiger partial charge < -0.3 is 10.1 Å². The maximum atomic E-state index is 11.6. The quantitative estimate of drug-likeness (QED) is 0.837. The third-order valence-corrected chi connectivity index (χ3v) is 4.56. The molecule has 0 saturated carbocycles. The summed E-state index contributed by atoms with van der Waals surface area (Å²) in [7, 11) is 1.63. The highest BCUT2D eigenvalue weighted by Crippen LogP contribution is 2.27. The first-order valence-corrected chi connectivity index (χ1v) is 8.01. The van der Waals surface area contributed by atoms with Crippen LogP contribution in [0.3, 0.4) is 0 Å². The Bertz CT molecular complexity index is 683. The van der Waals surface area contributed by atoms with Crippen molar-refractivity contribution in [3.63, 3.8) is 0 Å². The second-order valence-corrected chi connectivity index (χ2v) is 6.25. The van der Waals surface area contributed by atoms with E-state index in [0.717, 1.165) is 21.8 Å². The normalized spacial score (nSPS) is 10.4. The molecule has 2 aromatic rings. The van der Waals surface area contributed by atoms with E-state index in [1.165, 1.54) is 22.9 Å². The van der Waals surface area contributed by atoms with Crippen LogP contribution in [0.4, 0.5) is 4.79 Å². The summed E-state index contributed by atoms with van der Waals surface area (Å²) in [6.07, 6.45) is 0. The van der Waals surface area contributed by atoms with Gasteiger partial charge in [0, 0.05) is 17.5 Å². The Morgan fingerprint density at radius 2 is 1.77 bits per heavy atom. The number of thioether (sulfide) groups is 1. The van der Waals surface area contributed by atoms with Gasteiger partial charge in [-0.25, -0.2) is 0 Å². The molecule has 0 saturated heterocycles. The molecule has 2 aromatic carbocycles. The molecule has 0 bridgehead atoms. The van der Waals surface area contributed by atoms with Crippen LogP contribution in [0.15, 0.2) is 41.3 Å². The summed E-state index contributed by atoms with van der Waals surface area (Å²) >= 11 is 1.19. The molecule has 0 atom stereocenters. The molecule has 0 aromatic heterocycles. The van der Waals surface area contributed by atoms with Crippen LogP contribution in [0.25, 0.3) is 0 Å². The Hall–Kier alpha value is -1.94. The van der Waals surface area contributed by atoms with Crippen LogP contribution >= 0.6 is 11.8 Å². The van der Waals surface area contributed by atoms with E-state index in [1.807, 2.05) is 31.2 Å². The minimum absolute atomic E-state index is 0.0742. The Kier molecular flexibility index (Phi) is 5.50. The van der Waals surface area contributed by atoms with Crippen molar-refractivity contribution in [2.24, 2.45) is 0 Å². The summed E-state index contributed by atoms with van der Waals surface area (Å²) in [5.74, 6) is 0.892. The maximum Gasteiger partial charge on any atom is 0.283 e. The number of benzene rings is 2. The first-order chi connectivity index (χ1) is 10.5. The molecule has 4 heteroatoms. The molecule has 0 spiro atoms. The van der Waals surface area contributed by atoms with E-state index in [9.17, 15) is 4.79 Å². The SMILES string of the molecule is CNC(=O)Sc1ccccc1COc1cc(C)c(C)cc1C. The number of ether oxygens (including phenoxy) is 1. The van der Waals surface area contributed by atoms with E-state index < -0.39 is 0 Å². The van der Waals surface area contributed by atoms with Gasteiger partial charge in [-0.3, -0.25) is 4.79 Å². The fourth-order valence-electron chi connectivity index (χ4n) is 2.12. The average molecular weight is 315 g/mol. The summed E-state index contributed by atoms with van der Waals surface area (Å²) in [6.45, 7) is 6.68. The minimum Gasteiger partial charge on any atom is -0.489 e. The number of amides is 1. The molecular formula is C18H21NO2S. The van der Waals surface area contributed by atoms with Gasteiger partial charge in [-0.05, 0) is 61.4 Å². The van der Waals surface area contributed by atoms with Crippen LogP contribution in [-0.2, 0) is 6.61 Å². The Labute approximate surface area is 136 Å². The highest BCUT2D eigenvalue weighted by atomic mass is 32.2. The minimum atomic E-state index is -0.0742. The zero-order chi connectivity index (χ0) is 16.1. The number of aryl methyl sites for hydroxylation is 3. The van der Waals surface area contributed by atoms with Crippen LogP contribution in [0.1, 0.15) is 22.3 Å². The number of carbonyl (C=O) groups excluding carboxylic acids is 1. The van der Waals surface area contributed by atoms with Crippen molar-refractivity contribution in [2.75, 3.05) is 7.05 Å². The van der Waals surface area contributed by atoms with E-state index in [0.29, 0.717) is 6.61 Å². The second kappa shape index (κ2) is 7.36. The van der Waals surface area contributed by atoms with Gasteiger partial charge in [0.05, 0.1) is 0 Å². The molecule has 1 amide bonds. The number of hydrogen-bond donors (Lipinski definition) is 1. The molecule has 0 aliphatic rings. The van der Waals surface area contributed by atoms with Crippen LogP contribution < -0.4 is 10.1 Å². The molecule has 0 aliphatic heterocycles. The predicted molar refractivity (Wildman–Crippen MR) is 91.7 cm³/mol. The Morgan fingerprint density at radius 1 is 1.09 bits per heavy atom. The lowest BCUT2D eigenvalue weighted by Crippen LogP contribution is -2.11. The summed E-state index contributed by atoms with van der Waals surface area (Å²) in [5, 5.41) is 2.55. The Balaban J connectivity index is 2.15. The zero-order valence-corrected chi connectivity index (χ0v) is 14.2. The van der Waals surface area contributed by atoms with E-state index in [1.54, 1.807) is 7.05 Å². The highest BCUT2D eigenvalue weighted by Gasteiger charge is 2.09. The van der Waals surface area contributed by atoms with Crippen molar-refractivity contribution < 1.29 is 9.53 Å². The average Bonchev–Trinajstić information content (AvgIpc) is 2.50. The topological polar surface area (TPSA) is 38.3 Å². The van der Waals surface area contributed by atoms with Gasteiger partial charge in [0.2, 0.25) is 0 Å². The standard InChI is InChI=1S/C18H21NO2S/c1-12-9-14(3)16(10-13(12)2)21-11-15-7-5-6-8-17(15)22-18(20)19-4/h5-10H,11H2,1-4H3,(H,19,20). The van der Waals surface area contributed by atoms with Crippen molar-refractivity contribution in [1.29, 1.82) is 0 Å². The van der Waals surface area contributed by atoms with E-state index in [4.69, 9.17) is 4.74 Å². The van der Waals surface area contributed by atoms with E-state index >= 15 is 0 Å². The smallest absolute Gasteiger partial charge is 0.283 e. The van der Waals surface area contributed by atoms with E-state index in [2.05, 4.69) is 31.3 Å². The van der Waals surface area contributed by atoms with Gasteiger partial charge >= 0.3 is 0 Å². The molecule has 2 rings (SSSR count). The van der Waals surface area contributed by atoms with Crippen molar-refractivity contribution in [2.45, 2.75) is 32.3 Å². The zero-order valence-electron chi connectivity index (χ0n) is 13.4. The van der Waals surface area contributed by atoms with Gasteiger partial charge in [-0.1, -0.05) is 24.3 Å². The lowest BCUT2D eigenvalue weighted by molar-refractivity contribution is 0.262. The van der Waals surface area contributed by atoms with Gasteiger partial charge in [0.25, 0.3) is 5.24 Å². The lowest BCUT2D eigenvalue weighted by atomic mass is 10.1. The molecule has 116 valence electrons. The summed E-state index contributed by atoms with van der Waals surface area (Å²) in [6, 6.07) is 12.0. The third kappa shape index (κ3) is 4.04. The molecule has 0 unspecified atom stereocenters. The predicted octanol–water partition coefficient (Wildman–Crippen LogP) is 4.62. The highest BCUT2D eigenvalue weighted by molar-refractivity contribution is 8.13. The molecule has 0 aliphatic carbocycles.